The topological polar surface area (TPSA) is 29.5 Å². The third-order valence-corrected chi connectivity index (χ3v) is 11.0. The normalized spacial score (nSPS) is 21.2. The van der Waals surface area contributed by atoms with E-state index < -0.39 is 19.1 Å². The van der Waals surface area contributed by atoms with E-state index in [4.69, 9.17) is 4.74 Å². The average Bonchev–Trinajstić information content (AvgIpc) is 3.30. The van der Waals surface area contributed by atoms with Crippen molar-refractivity contribution in [1.82, 2.24) is 4.90 Å². The SMILES string of the molecule is CC(C)(C)OC(=O)N1CC(P(c2ccccc2)c2ccccc2)C(c2ccccc2)C1(CP)c1ccccc1. The molecule has 5 heteroatoms. The van der Waals surface area contributed by atoms with Gasteiger partial charge in [-0.25, -0.2) is 4.79 Å². The summed E-state index contributed by atoms with van der Waals surface area (Å²) in [6.45, 7) is 6.43. The second-order valence-corrected chi connectivity index (χ2v) is 13.9. The van der Waals surface area contributed by atoms with Crippen LogP contribution in [0.4, 0.5) is 4.79 Å². The summed E-state index contributed by atoms with van der Waals surface area (Å²) in [5, 5.41) is 2.64. The zero-order valence-electron chi connectivity index (χ0n) is 22.9. The minimum Gasteiger partial charge on any atom is -0.444 e. The van der Waals surface area contributed by atoms with Gasteiger partial charge >= 0.3 is 6.09 Å². The Morgan fingerprint density at radius 3 is 1.74 bits per heavy atom. The van der Waals surface area contributed by atoms with Crippen LogP contribution in [0.1, 0.15) is 37.8 Å². The van der Waals surface area contributed by atoms with Gasteiger partial charge in [0.15, 0.2) is 0 Å². The largest absolute Gasteiger partial charge is 0.444 e. The molecule has 1 saturated heterocycles. The fourth-order valence-electron chi connectivity index (χ4n) is 6.01. The van der Waals surface area contributed by atoms with Gasteiger partial charge in [-0.05, 0) is 56.6 Å². The Hall–Kier alpha value is -2.99. The highest BCUT2D eigenvalue weighted by Gasteiger charge is 2.59. The van der Waals surface area contributed by atoms with Crippen molar-refractivity contribution in [2.75, 3.05) is 12.7 Å². The number of benzene rings is 4. The Balaban J connectivity index is 1.78. The number of ether oxygens (including phenoxy) is 1. The second-order valence-electron chi connectivity index (χ2n) is 11.1. The summed E-state index contributed by atoms with van der Waals surface area (Å²) in [5.41, 5.74) is 1.37. The van der Waals surface area contributed by atoms with Crippen LogP contribution in [0.2, 0.25) is 0 Å². The molecule has 39 heavy (non-hydrogen) atoms. The highest BCUT2D eigenvalue weighted by Crippen LogP contribution is 2.60. The summed E-state index contributed by atoms with van der Waals surface area (Å²) in [6, 6.07) is 43.0. The lowest BCUT2D eigenvalue weighted by atomic mass is 9.76. The minimum absolute atomic E-state index is 0.0534. The monoisotopic (exact) mass is 553 g/mol. The van der Waals surface area contributed by atoms with Gasteiger partial charge in [-0.15, -0.1) is 9.24 Å². The van der Waals surface area contributed by atoms with Gasteiger partial charge in [-0.3, -0.25) is 4.90 Å². The molecule has 0 bridgehead atoms. The molecule has 5 rings (SSSR count). The van der Waals surface area contributed by atoms with E-state index in [1.165, 1.54) is 16.2 Å². The number of rotatable bonds is 6. The van der Waals surface area contributed by atoms with Gasteiger partial charge in [0.05, 0.1) is 5.54 Å². The number of hydrogen-bond donors (Lipinski definition) is 0. The Kier molecular flexibility index (Phi) is 8.22. The third-order valence-electron chi connectivity index (χ3n) is 7.51. The number of amides is 1. The first-order valence-electron chi connectivity index (χ1n) is 13.6. The number of hydrogen-bond acceptors (Lipinski definition) is 2. The maximum atomic E-state index is 14.1. The summed E-state index contributed by atoms with van der Waals surface area (Å²) >= 11 is 0. The summed E-state index contributed by atoms with van der Waals surface area (Å²) in [5.74, 6) is 0.0534. The third kappa shape index (κ3) is 5.54. The molecule has 4 atom stereocenters. The molecule has 4 aromatic carbocycles. The molecule has 0 radical (unpaired) electrons. The number of likely N-dealkylation sites (tertiary alicyclic amines) is 1. The zero-order valence-corrected chi connectivity index (χ0v) is 25.0. The van der Waals surface area contributed by atoms with E-state index in [0.29, 0.717) is 12.7 Å². The molecule has 1 aliphatic heterocycles. The molecule has 200 valence electrons. The van der Waals surface area contributed by atoms with E-state index in [2.05, 4.69) is 125 Å². The van der Waals surface area contributed by atoms with Gasteiger partial charge in [0.25, 0.3) is 0 Å². The molecule has 1 aliphatic rings. The highest BCUT2D eigenvalue weighted by atomic mass is 31.1. The predicted molar refractivity (Wildman–Crippen MR) is 168 cm³/mol. The van der Waals surface area contributed by atoms with Crippen molar-refractivity contribution in [3.8, 4) is 0 Å². The molecule has 1 heterocycles. The van der Waals surface area contributed by atoms with Gasteiger partial charge < -0.3 is 4.74 Å². The predicted octanol–water partition coefficient (Wildman–Crippen LogP) is 7.29. The lowest BCUT2D eigenvalue weighted by Crippen LogP contribution is -2.50. The summed E-state index contributed by atoms with van der Waals surface area (Å²) in [4.78, 5) is 16.2. The number of nitrogens with zero attached hydrogens (tertiary/aromatic N) is 1. The van der Waals surface area contributed by atoms with Crippen LogP contribution >= 0.6 is 17.2 Å². The summed E-state index contributed by atoms with van der Waals surface area (Å²) < 4.78 is 6.11. The van der Waals surface area contributed by atoms with Crippen molar-refractivity contribution in [2.24, 2.45) is 0 Å². The van der Waals surface area contributed by atoms with Crippen LogP contribution < -0.4 is 10.6 Å². The fraction of sp³-hybridized carbons (Fsp3) is 0.265. The van der Waals surface area contributed by atoms with Crippen LogP contribution in [0, 0.1) is 0 Å². The summed E-state index contributed by atoms with van der Waals surface area (Å²) in [7, 11) is 2.17. The molecule has 3 nitrogen and oxygen atoms in total. The molecule has 0 aromatic heterocycles. The molecule has 4 aromatic rings. The maximum Gasteiger partial charge on any atom is 0.411 e. The molecule has 1 fully saturated rings. The lowest BCUT2D eigenvalue weighted by Gasteiger charge is -2.43. The van der Waals surface area contributed by atoms with Crippen LogP contribution in [0.25, 0.3) is 0 Å². The Morgan fingerprint density at radius 1 is 0.821 bits per heavy atom. The molecule has 1 amide bonds. The first-order valence-corrected chi connectivity index (χ1v) is 15.8. The van der Waals surface area contributed by atoms with E-state index in [0.717, 1.165) is 5.56 Å². The van der Waals surface area contributed by atoms with Crippen molar-refractivity contribution >= 4 is 33.9 Å². The van der Waals surface area contributed by atoms with Crippen molar-refractivity contribution < 1.29 is 9.53 Å². The molecule has 0 saturated carbocycles. The Bertz CT molecular complexity index is 1320. The van der Waals surface area contributed by atoms with Crippen molar-refractivity contribution in [3.63, 3.8) is 0 Å². The fourth-order valence-corrected chi connectivity index (χ4v) is 9.82. The van der Waals surface area contributed by atoms with E-state index >= 15 is 0 Å². The summed E-state index contributed by atoms with van der Waals surface area (Å²) in [6.07, 6.45) is 0.437. The van der Waals surface area contributed by atoms with E-state index in [1.807, 2.05) is 31.7 Å². The van der Waals surface area contributed by atoms with E-state index in [-0.39, 0.29) is 17.7 Å². The minimum atomic E-state index is -0.813. The second kappa shape index (κ2) is 11.6. The van der Waals surface area contributed by atoms with Gasteiger partial charge in [0, 0.05) is 18.1 Å². The molecule has 0 N–H and O–H groups in total. The maximum absolute atomic E-state index is 14.1. The molecule has 0 aliphatic carbocycles. The first-order chi connectivity index (χ1) is 18.8. The van der Waals surface area contributed by atoms with Crippen LogP contribution in [-0.2, 0) is 10.3 Å². The molecular weight excluding hydrogens is 516 g/mol. The van der Waals surface area contributed by atoms with Gasteiger partial charge in [0.1, 0.15) is 5.60 Å². The first kappa shape index (κ1) is 27.6. The standard InChI is InChI=1S/C34H37NO2P2/c1-33(2,3)37-32(36)35-24-30(39(28-20-12-6-13-21-28)29-22-14-7-15-23-29)31(26-16-8-4-9-17-26)34(35,25-38)27-18-10-5-11-19-27/h4-23,30-31H,24-25,38H2,1-3H3. The molecular formula is C34H37NO2P2. The van der Waals surface area contributed by atoms with Crippen LogP contribution in [0.15, 0.2) is 121 Å². The number of carbonyl (C=O) groups excluding carboxylic acids is 1. The smallest absolute Gasteiger partial charge is 0.411 e. The highest BCUT2D eigenvalue weighted by molar-refractivity contribution is 7.73. The number of carbonyl (C=O) groups is 1. The van der Waals surface area contributed by atoms with Gasteiger partial charge in [-0.1, -0.05) is 121 Å². The molecule has 0 spiro atoms. The van der Waals surface area contributed by atoms with Gasteiger partial charge in [-0.2, -0.15) is 0 Å². The van der Waals surface area contributed by atoms with Crippen molar-refractivity contribution in [2.45, 2.75) is 43.5 Å². The Morgan fingerprint density at radius 2 is 1.28 bits per heavy atom. The van der Waals surface area contributed by atoms with Crippen molar-refractivity contribution in [3.05, 3.63) is 132 Å². The van der Waals surface area contributed by atoms with E-state index in [9.17, 15) is 4.79 Å². The van der Waals surface area contributed by atoms with E-state index in [1.54, 1.807) is 0 Å². The van der Waals surface area contributed by atoms with Crippen LogP contribution in [0.5, 0.6) is 0 Å². The Labute approximate surface area is 236 Å². The van der Waals surface area contributed by atoms with Crippen molar-refractivity contribution in [1.29, 1.82) is 0 Å². The zero-order chi connectivity index (χ0) is 27.5. The average molecular weight is 554 g/mol. The van der Waals surface area contributed by atoms with Gasteiger partial charge in [0.2, 0.25) is 0 Å². The van der Waals surface area contributed by atoms with Crippen LogP contribution in [0.3, 0.4) is 0 Å². The van der Waals surface area contributed by atoms with Crippen LogP contribution in [-0.4, -0.2) is 35.0 Å². The molecule has 4 unspecified atom stereocenters. The lowest BCUT2D eigenvalue weighted by molar-refractivity contribution is 0.00881. The quantitative estimate of drug-likeness (QED) is 0.235.